The Labute approximate surface area is 142 Å². The molecule has 0 unspecified atom stereocenters. The van der Waals surface area contributed by atoms with Gasteiger partial charge in [-0.2, -0.15) is 5.10 Å². The molecule has 0 radical (unpaired) electrons. The number of nitrogens with zero attached hydrogens (tertiary/aromatic N) is 3. The molecule has 0 spiro atoms. The predicted molar refractivity (Wildman–Crippen MR) is 87.8 cm³/mol. The molecule has 0 saturated carbocycles. The van der Waals surface area contributed by atoms with Crippen molar-refractivity contribution in [3.63, 3.8) is 0 Å². The third kappa shape index (κ3) is 2.71. The average molecular weight is 343 g/mol. The van der Waals surface area contributed by atoms with Crippen molar-refractivity contribution < 1.29 is 18.7 Å². The van der Waals surface area contributed by atoms with E-state index in [0.29, 0.717) is 11.1 Å². The Morgan fingerprint density at radius 3 is 2.68 bits per heavy atom. The van der Waals surface area contributed by atoms with Gasteiger partial charge in [0.1, 0.15) is 17.2 Å². The fraction of sp³-hybridized carbons (Fsp3) is 0.222. The second-order valence-corrected chi connectivity index (χ2v) is 6.13. The molecule has 5 nitrogen and oxygen atoms in total. The third-order valence-corrected chi connectivity index (χ3v) is 4.59. The maximum absolute atomic E-state index is 13.6. The van der Waals surface area contributed by atoms with E-state index < -0.39 is 17.6 Å². The molecule has 3 aromatic rings. The number of aromatic carboxylic acids is 1. The Bertz CT molecular complexity index is 950. The Hall–Kier alpha value is -2.96. The minimum Gasteiger partial charge on any atom is -0.478 e. The van der Waals surface area contributed by atoms with Gasteiger partial charge in [0, 0.05) is 24.5 Å². The van der Waals surface area contributed by atoms with Crippen molar-refractivity contribution in [2.45, 2.75) is 18.9 Å². The molecule has 0 amide bonds. The third-order valence-electron chi connectivity index (χ3n) is 4.59. The van der Waals surface area contributed by atoms with Crippen LogP contribution < -0.4 is 4.90 Å². The quantitative estimate of drug-likeness (QED) is 0.789. The SMILES string of the molecule is O=C(O)c1cnn2ccc(N3CCC[C@@H]3c3cc(F)cc(F)c3)cc12. The molecule has 3 heterocycles. The largest absolute Gasteiger partial charge is 0.478 e. The molecular formula is C18H15F2N3O2. The van der Waals surface area contributed by atoms with Crippen LogP contribution in [0.4, 0.5) is 14.5 Å². The van der Waals surface area contributed by atoms with Crippen LogP contribution in [-0.2, 0) is 0 Å². The summed E-state index contributed by atoms with van der Waals surface area (Å²) in [5.41, 5.74) is 2.00. The standard InChI is InChI=1S/C18H15F2N3O2/c19-12-6-11(7-13(20)8-12)16-2-1-4-22(16)14-3-5-23-17(9-14)15(10-21-23)18(24)25/h3,5-10,16H,1-2,4H2,(H,24,25)/t16-/m1/s1. The van der Waals surface area contributed by atoms with Crippen molar-refractivity contribution in [3.05, 3.63) is 65.5 Å². The summed E-state index contributed by atoms with van der Waals surface area (Å²) in [5.74, 6) is -2.24. The monoisotopic (exact) mass is 343 g/mol. The van der Waals surface area contributed by atoms with Crippen LogP contribution in [-0.4, -0.2) is 27.2 Å². The highest BCUT2D eigenvalue weighted by Crippen LogP contribution is 2.37. The van der Waals surface area contributed by atoms with Crippen LogP contribution in [0.1, 0.15) is 34.8 Å². The Balaban J connectivity index is 1.76. The highest BCUT2D eigenvalue weighted by molar-refractivity contribution is 5.95. The molecule has 25 heavy (non-hydrogen) atoms. The lowest BCUT2D eigenvalue weighted by Gasteiger charge is -2.27. The maximum Gasteiger partial charge on any atom is 0.339 e. The number of carbonyl (C=O) groups is 1. The lowest BCUT2D eigenvalue weighted by atomic mass is 10.0. The predicted octanol–water partition coefficient (Wildman–Crippen LogP) is 3.65. The van der Waals surface area contributed by atoms with Crippen molar-refractivity contribution in [3.8, 4) is 0 Å². The van der Waals surface area contributed by atoms with Crippen LogP contribution in [0, 0.1) is 11.6 Å². The highest BCUT2D eigenvalue weighted by Gasteiger charge is 2.27. The molecule has 1 aliphatic heterocycles. The summed E-state index contributed by atoms with van der Waals surface area (Å²) in [6, 6.07) is 7.01. The van der Waals surface area contributed by atoms with Crippen LogP contribution in [0.3, 0.4) is 0 Å². The first kappa shape index (κ1) is 15.6. The Kier molecular flexibility index (Phi) is 3.63. The van der Waals surface area contributed by atoms with Crippen molar-refractivity contribution in [2.24, 2.45) is 0 Å². The Morgan fingerprint density at radius 2 is 1.96 bits per heavy atom. The number of rotatable bonds is 3. The summed E-state index contributed by atoms with van der Waals surface area (Å²) < 4.78 is 28.7. The van der Waals surface area contributed by atoms with Crippen molar-refractivity contribution in [2.75, 3.05) is 11.4 Å². The lowest BCUT2D eigenvalue weighted by Crippen LogP contribution is -2.23. The summed E-state index contributed by atoms with van der Waals surface area (Å²) in [6.45, 7) is 0.732. The van der Waals surface area contributed by atoms with Gasteiger partial charge in [0.15, 0.2) is 0 Å². The zero-order chi connectivity index (χ0) is 17.6. The second kappa shape index (κ2) is 5.84. The van der Waals surface area contributed by atoms with E-state index in [9.17, 15) is 18.7 Å². The summed E-state index contributed by atoms with van der Waals surface area (Å²) >= 11 is 0. The van der Waals surface area contributed by atoms with E-state index in [1.807, 2.05) is 11.0 Å². The average Bonchev–Trinajstić information content (AvgIpc) is 3.20. The zero-order valence-electron chi connectivity index (χ0n) is 13.2. The number of anilines is 1. The van der Waals surface area contributed by atoms with Gasteiger partial charge in [0.2, 0.25) is 0 Å². The number of benzene rings is 1. The number of halogens is 2. The van der Waals surface area contributed by atoms with Crippen molar-refractivity contribution >= 4 is 17.2 Å². The first-order chi connectivity index (χ1) is 12.0. The fourth-order valence-corrected chi connectivity index (χ4v) is 3.50. The smallest absolute Gasteiger partial charge is 0.339 e. The molecule has 1 atom stereocenters. The molecule has 2 aromatic heterocycles. The van der Waals surface area contributed by atoms with Crippen LogP contribution in [0.15, 0.2) is 42.7 Å². The van der Waals surface area contributed by atoms with E-state index in [-0.39, 0.29) is 11.6 Å². The van der Waals surface area contributed by atoms with Crippen molar-refractivity contribution in [1.82, 2.24) is 9.61 Å². The van der Waals surface area contributed by atoms with Gasteiger partial charge >= 0.3 is 5.97 Å². The molecule has 1 aliphatic rings. The minimum absolute atomic E-state index is 0.120. The van der Waals surface area contributed by atoms with E-state index in [0.717, 1.165) is 31.1 Å². The van der Waals surface area contributed by atoms with Crippen LogP contribution in [0.25, 0.3) is 5.52 Å². The van der Waals surface area contributed by atoms with E-state index in [1.165, 1.54) is 22.8 Å². The second-order valence-electron chi connectivity index (χ2n) is 6.13. The number of hydrogen-bond acceptors (Lipinski definition) is 3. The molecule has 1 saturated heterocycles. The Morgan fingerprint density at radius 1 is 1.20 bits per heavy atom. The summed E-state index contributed by atoms with van der Waals surface area (Å²) in [4.78, 5) is 13.4. The van der Waals surface area contributed by atoms with Gasteiger partial charge < -0.3 is 10.0 Å². The molecule has 1 fully saturated rings. The fourth-order valence-electron chi connectivity index (χ4n) is 3.50. The molecule has 128 valence electrons. The number of carboxylic acid groups (broad SMARTS) is 1. The molecule has 0 bridgehead atoms. The van der Waals surface area contributed by atoms with Gasteiger partial charge in [0.25, 0.3) is 0 Å². The van der Waals surface area contributed by atoms with Gasteiger partial charge in [-0.3, -0.25) is 0 Å². The van der Waals surface area contributed by atoms with E-state index in [1.54, 1.807) is 12.3 Å². The molecule has 4 rings (SSSR count). The first-order valence-electron chi connectivity index (χ1n) is 7.96. The summed E-state index contributed by atoms with van der Waals surface area (Å²) in [7, 11) is 0. The number of fused-ring (bicyclic) bond motifs is 1. The number of pyridine rings is 1. The summed E-state index contributed by atoms with van der Waals surface area (Å²) in [6.07, 6.45) is 4.67. The number of hydrogen-bond donors (Lipinski definition) is 1. The zero-order valence-corrected chi connectivity index (χ0v) is 13.2. The van der Waals surface area contributed by atoms with Gasteiger partial charge in [-0.25, -0.2) is 18.1 Å². The van der Waals surface area contributed by atoms with Gasteiger partial charge in [-0.05, 0) is 42.7 Å². The molecule has 1 aromatic carbocycles. The molecular weight excluding hydrogens is 328 g/mol. The molecule has 1 N–H and O–H groups in total. The normalized spacial score (nSPS) is 17.4. The number of carboxylic acids is 1. The van der Waals surface area contributed by atoms with Crippen molar-refractivity contribution in [1.29, 1.82) is 0 Å². The van der Waals surface area contributed by atoms with E-state index in [4.69, 9.17) is 0 Å². The number of aromatic nitrogens is 2. The topological polar surface area (TPSA) is 57.8 Å². The van der Waals surface area contributed by atoms with Gasteiger partial charge in [-0.15, -0.1) is 0 Å². The lowest BCUT2D eigenvalue weighted by molar-refractivity contribution is 0.0699. The minimum atomic E-state index is -1.04. The van der Waals surface area contributed by atoms with Crippen LogP contribution >= 0.6 is 0 Å². The van der Waals surface area contributed by atoms with Gasteiger partial charge in [0.05, 0.1) is 17.8 Å². The molecule has 0 aliphatic carbocycles. The van der Waals surface area contributed by atoms with Crippen LogP contribution in [0.2, 0.25) is 0 Å². The van der Waals surface area contributed by atoms with E-state index >= 15 is 0 Å². The van der Waals surface area contributed by atoms with Gasteiger partial charge in [-0.1, -0.05) is 0 Å². The first-order valence-corrected chi connectivity index (χ1v) is 7.96. The van der Waals surface area contributed by atoms with Crippen LogP contribution in [0.5, 0.6) is 0 Å². The highest BCUT2D eigenvalue weighted by atomic mass is 19.1. The summed E-state index contributed by atoms with van der Waals surface area (Å²) in [5, 5.41) is 13.3. The molecule has 7 heteroatoms. The van der Waals surface area contributed by atoms with E-state index in [2.05, 4.69) is 5.10 Å². The maximum atomic E-state index is 13.6.